The summed E-state index contributed by atoms with van der Waals surface area (Å²) in [4.78, 5) is 12.7. The third-order valence-electron chi connectivity index (χ3n) is 4.40. The van der Waals surface area contributed by atoms with Crippen LogP contribution < -0.4 is 5.32 Å². The molecular formula is C21H25N3OS. The van der Waals surface area contributed by atoms with E-state index >= 15 is 0 Å². The second kappa shape index (κ2) is 7.87. The van der Waals surface area contributed by atoms with E-state index in [1.165, 1.54) is 11.1 Å². The van der Waals surface area contributed by atoms with Gasteiger partial charge in [0.05, 0.1) is 5.69 Å². The van der Waals surface area contributed by atoms with Gasteiger partial charge in [-0.3, -0.25) is 9.48 Å². The highest BCUT2D eigenvalue weighted by Gasteiger charge is 2.16. The summed E-state index contributed by atoms with van der Waals surface area (Å²) in [6.07, 6.45) is 1.85. The second-order valence-electron chi connectivity index (χ2n) is 7.08. The number of para-hydroxylation sites is 1. The van der Waals surface area contributed by atoms with Gasteiger partial charge in [0.25, 0.3) is 0 Å². The van der Waals surface area contributed by atoms with Crippen molar-refractivity contribution >= 4 is 22.9 Å². The molecule has 3 aromatic rings. The Morgan fingerprint density at radius 2 is 1.81 bits per heavy atom. The van der Waals surface area contributed by atoms with E-state index < -0.39 is 0 Å². The zero-order chi connectivity index (χ0) is 18.7. The fourth-order valence-electron chi connectivity index (χ4n) is 3.04. The van der Waals surface area contributed by atoms with E-state index in [-0.39, 0.29) is 12.5 Å². The first kappa shape index (κ1) is 18.4. The SMILES string of the molecule is CC(C)c1cccc(C(C)C)c1NC(=O)Cn1ccc(-c2ccsc2)n1. The average Bonchev–Trinajstić information content (AvgIpc) is 3.25. The average molecular weight is 368 g/mol. The van der Waals surface area contributed by atoms with Gasteiger partial charge in [0.15, 0.2) is 0 Å². The lowest BCUT2D eigenvalue weighted by Crippen LogP contribution is -2.21. The van der Waals surface area contributed by atoms with Crippen molar-refractivity contribution in [3.8, 4) is 11.3 Å². The number of carbonyl (C=O) groups is 1. The number of hydrogen-bond acceptors (Lipinski definition) is 3. The molecule has 0 aliphatic rings. The Morgan fingerprint density at radius 1 is 1.12 bits per heavy atom. The van der Waals surface area contributed by atoms with Crippen molar-refractivity contribution in [2.75, 3.05) is 5.32 Å². The number of amides is 1. The summed E-state index contributed by atoms with van der Waals surface area (Å²) < 4.78 is 1.69. The number of nitrogens with zero attached hydrogens (tertiary/aromatic N) is 2. The van der Waals surface area contributed by atoms with Crippen LogP contribution in [0.5, 0.6) is 0 Å². The van der Waals surface area contributed by atoms with Gasteiger partial charge in [0, 0.05) is 22.8 Å². The molecular weight excluding hydrogens is 342 g/mol. The largest absolute Gasteiger partial charge is 0.324 e. The zero-order valence-electron chi connectivity index (χ0n) is 15.7. The molecule has 4 nitrogen and oxygen atoms in total. The van der Waals surface area contributed by atoms with Gasteiger partial charge in [-0.2, -0.15) is 16.4 Å². The minimum atomic E-state index is -0.0556. The Hall–Kier alpha value is -2.40. The van der Waals surface area contributed by atoms with Crippen LogP contribution in [0.25, 0.3) is 11.3 Å². The molecule has 0 aliphatic carbocycles. The second-order valence-corrected chi connectivity index (χ2v) is 7.86. The molecule has 0 atom stereocenters. The summed E-state index contributed by atoms with van der Waals surface area (Å²) >= 11 is 1.64. The number of rotatable bonds is 6. The number of nitrogens with one attached hydrogen (secondary N) is 1. The standard InChI is InChI=1S/C21H25N3OS/c1-14(2)17-6-5-7-18(15(3)4)21(17)22-20(25)12-24-10-8-19(23-24)16-9-11-26-13-16/h5-11,13-15H,12H2,1-4H3,(H,22,25). The smallest absolute Gasteiger partial charge is 0.246 e. The van der Waals surface area contributed by atoms with Crippen molar-refractivity contribution in [3.63, 3.8) is 0 Å². The lowest BCUT2D eigenvalue weighted by atomic mass is 9.92. The van der Waals surface area contributed by atoms with Crippen LogP contribution in [0.1, 0.15) is 50.7 Å². The van der Waals surface area contributed by atoms with Crippen molar-refractivity contribution < 1.29 is 4.79 Å². The molecule has 0 bridgehead atoms. The monoisotopic (exact) mass is 367 g/mol. The summed E-state index contributed by atoms with van der Waals surface area (Å²) in [5.74, 6) is 0.637. The molecule has 0 radical (unpaired) electrons. The zero-order valence-corrected chi connectivity index (χ0v) is 16.5. The van der Waals surface area contributed by atoms with Gasteiger partial charge in [0.2, 0.25) is 5.91 Å². The summed E-state index contributed by atoms with van der Waals surface area (Å²) in [7, 11) is 0. The van der Waals surface area contributed by atoms with E-state index in [1.54, 1.807) is 16.0 Å². The van der Waals surface area contributed by atoms with Crippen LogP contribution in [0, 0.1) is 0 Å². The number of aromatic nitrogens is 2. The Morgan fingerprint density at radius 3 is 2.38 bits per heavy atom. The van der Waals surface area contributed by atoms with Crippen molar-refractivity contribution in [2.45, 2.75) is 46.1 Å². The first-order valence-corrected chi connectivity index (χ1v) is 9.88. The topological polar surface area (TPSA) is 46.9 Å². The number of carbonyl (C=O) groups excluding carboxylic acids is 1. The fraction of sp³-hybridized carbons (Fsp3) is 0.333. The third-order valence-corrected chi connectivity index (χ3v) is 5.08. The van der Waals surface area contributed by atoms with Crippen molar-refractivity contribution in [1.29, 1.82) is 0 Å². The van der Waals surface area contributed by atoms with Crippen LogP contribution in [0.2, 0.25) is 0 Å². The molecule has 0 unspecified atom stereocenters. The van der Waals surface area contributed by atoms with Gasteiger partial charge in [-0.15, -0.1) is 0 Å². The number of thiophene rings is 1. The fourth-order valence-corrected chi connectivity index (χ4v) is 3.69. The van der Waals surface area contributed by atoms with E-state index in [9.17, 15) is 4.79 Å². The van der Waals surface area contributed by atoms with Crippen molar-refractivity contribution in [1.82, 2.24) is 9.78 Å². The molecule has 0 spiro atoms. The molecule has 26 heavy (non-hydrogen) atoms. The first-order valence-electron chi connectivity index (χ1n) is 8.94. The molecule has 2 heterocycles. The number of anilines is 1. The van der Waals surface area contributed by atoms with E-state index in [2.05, 4.69) is 61.7 Å². The van der Waals surface area contributed by atoms with Crippen molar-refractivity contribution in [2.24, 2.45) is 0 Å². The van der Waals surface area contributed by atoms with Gasteiger partial charge in [-0.25, -0.2) is 0 Å². The van der Waals surface area contributed by atoms with Crippen LogP contribution in [0.15, 0.2) is 47.3 Å². The van der Waals surface area contributed by atoms with Crippen LogP contribution >= 0.6 is 11.3 Å². The normalized spacial score (nSPS) is 11.3. The molecule has 0 saturated heterocycles. The lowest BCUT2D eigenvalue weighted by molar-refractivity contribution is -0.116. The molecule has 3 rings (SSSR count). The van der Waals surface area contributed by atoms with Gasteiger partial charge in [-0.1, -0.05) is 45.9 Å². The molecule has 1 aromatic carbocycles. The summed E-state index contributed by atoms with van der Waals surface area (Å²) in [5.41, 5.74) is 5.27. The van der Waals surface area contributed by atoms with Crippen molar-refractivity contribution in [3.05, 3.63) is 58.4 Å². The molecule has 0 aliphatic heterocycles. The summed E-state index contributed by atoms with van der Waals surface area (Å²) in [5, 5.41) is 11.7. The van der Waals surface area contributed by atoms with Gasteiger partial charge < -0.3 is 5.32 Å². The Kier molecular flexibility index (Phi) is 5.57. The van der Waals surface area contributed by atoms with E-state index in [4.69, 9.17) is 0 Å². The van der Waals surface area contributed by atoms with Gasteiger partial charge >= 0.3 is 0 Å². The Bertz CT molecular complexity index is 852. The molecule has 1 N–H and O–H groups in total. The quantitative estimate of drug-likeness (QED) is 0.625. The maximum Gasteiger partial charge on any atom is 0.246 e. The molecule has 5 heteroatoms. The maximum atomic E-state index is 12.7. The Balaban J connectivity index is 1.78. The van der Waals surface area contributed by atoms with E-state index in [1.807, 2.05) is 23.7 Å². The van der Waals surface area contributed by atoms with Gasteiger partial charge in [-0.05, 0) is 40.5 Å². The molecule has 0 fully saturated rings. The highest BCUT2D eigenvalue weighted by molar-refractivity contribution is 7.08. The minimum absolute atomic E-state index is 0.0556. The predicted molar refractivity (Wildman–Crippen MR) is 109 cm³/mol. The van der Waals surface area contributed by atoms with E-state index in [0.29, 0.717) is 11.8 Å². The number of hydrogen-bond donors (Lipinski definition) is 1. The highest BCUT2D eigenvalue weighted by Crippen LogP contribution is 2.32. The molecule has 0 saturated carbocycles. The molecule has 136 valence electrons. The maximum absolute atomic E-state index is 12.7. The first-order chi connectivity index (χ1) is 12.5. The van der Waals surface area contributed by atoms with Gasteiger partial charge in [0.1, 0.15) is 6.54 Å². The summed E-state index contributed by atoms with van der Waals surface area (Å²) in [6.45, 7) is 8.80. The van der Waals surface area contributed by atoms with Crippen LogP contribution in [-0.2, 0) is 11.3 Å². The van der Waals surface area contributed by atoms with Crippen LogP contribution in [0.3, 0.4) is 0 Å². The van der Waals surface area contributed by atoms with E-state index in [0.717, 1.165) is 16.9 Å². The lowest BCUT2D eigenvalue weighted by Gasteiger charge is -2.20. The molecule has 1 amide bonds. The molecule has 2 aromatic heterocycles. The van der Waals surface area contributed by atoms with Crippen LogP contribution in [-0.4, -0.2) is 15.7 Å². The van der Waals surface area contributed by atoms with Crippen LogP contribution in [0.4, 0.5) is 5.69 Å². The number of benzene rings is 1. The third kappa shape index (κ3) is 4.05. The summed E-state index contributed by atoms with van der Waals surface area (Å²) in [6, 6.07) is 10.2. The Labute approximate surface area is 158 Å². The minimum Gasteiger partial charge on any atom is -0.324 e. The highest BCUT2D eigenvalue weighted by atomic mass is 32.1. The predicted octanol–water partition coefficient (Wildman–Crippen LogP) is 5.50.